The molecule has 0 spiro atoms. The van der Waals surface area contributed by atoms with E-state index in [2.05, 4.69) is 44.2 Å². The van der Waals surface area contributed by atoms with Crippen LogP contribution in [-0.4, -0.2) is 30.6 Å². The van der Waals surface area contributed by atoms with E-state index in [0.717, 1.165) is 29.9 Å². The molecule has 146 valence electrons. The van der Waals surface area contributed by atoms with Crippen LogP contribution >= 0.6 is 0 Å². The fourth-order valence-electron chi connectivity index (χ4n) is 3.54. The molecular formula is C23H23N5O. The second kappa shape index (κ2) is 8.22. The Bertz CT molecular complexity index is 1110. The summed E-state index contributed by atoms with van der Waals surface area (Å²) >= 11 is 0. The number of tetrazole rings is 1. The van der Waals surface area contributed by atoms with Crippen LogP contribution in [0.1, 0.15) is 27.3 Å². The van der Waals surface area contributed by atoms with Gasteiger partial charge in [0.1, 0.15) is 6.54 Å². The minimum atomic E-state index is -0.0129. The van der Waals surface area contributed by atoms with Crippen molar-refractivity contribution in [2.24, 2.45) is 0 Å². The first-order chi connectivity index (χ1) is 14.1. The van der Waals surface area contributed by atoms with Crippen LogP contribution in [0, 0.1) is 13.8 Å². The summed E-state index contributed by atoms with van der Waals surface area (Å²) in [6.07, 6.45) is 0.926. The first-order valence-corrected chi connectivity index (χ1v) is 9.69. The second-order valence-electron chi connectivity index (χ2n) is 7.10. The zero-order chi connectivity index (χ0) is 20.2. The predicted octanol–water partition coefficient (Wildman–Crippen LogP) is 3.88. The summed E-state index contributed by atoms with van der Waals surface area (Å²) in [5.74, 6) is 0.507. The number of nitrogens with zero attached hydrogens (tertiary/aromatic N) is 5. The molecule has 6 nitrogen and oxygen atoms in total. The highest BCUT2D eigenvalue weighted by atomic mass is 16.1. The van der Waals surface area contributed by atoms with Gasteiger partial charge in [-0.15, -0.1) is 10.2 Å². The van der Waals surface area contributed by atoms with E-state index in [4.69, 9.17) is 0 Å². The third-order valence-corrected chi connectivity index (χ3v) is 5.11. The maximum absolute atomic E-state index is 12.9. The zero-order valence-corrected chi connectivity index (χ0v) is 16.6. The Hall–Kier alpha value is -3.54. The summed E-state index contributed by atoms with van der Waals surface area (Å²) in [6, 6.07) is 21.9. The maximum atomic E-state index is 12.9. The Morgan fingerprint density at radius 1 is 0.966 bits per heavy atom. The predicted molar refractivity (Wildman–Crippen MR) is 112 cm³/mol. The molecular weight excluding hydrogens is 362 g/mol. The van der Waals surface area contributed by atoms with E-state index in [0.29, 0.717) is 11.4 Å². The topological polar surface area (TPSA) is 65.6 Å². The highest BCUT2D eigenvalue weighted by Gasteiger charge is 2.17. The van der Waals surface area contributed by atoms with Crippen molar-refractivity contribution in [3.63, 3.8) is 0 Å². The minimum Gasteiger partial charge on any atom is -0.348 e. The highest BCUT2D eigenvalue weighted by Crippen LogP contribution is 2.18. The normalized spacial score (nSPS) is 11.0. The average molecular weight is 385 g/mol. The van der Waals surface area contributed by atoms with Gasteiger partial charge in [0, 0.05) is 29.1 Å². The second-order valence-corrected chi connectivity index (χ2v) is 7.10. The maximum Gasteiger partial charge on any atom is 0.204 e. The van der Waals surface area contributed by atoms with Crippen molar-refractivity contribution in [1.29, 1.82) is 0 Å². The summed E-state index contributed by atoms with van der Waals surface area (Å²) in [4.78, 5) is 14.2. The first kappa shape index (κ1) is 18.8. The van der Waals surface area contributed by atoms with Crippen LogP contribution in [0.2, 0.25) is 0 Å². The molecule has 0 aliphatic rings. The van der Waals surface area contributed by atoms with Crippen LogP contribution in [0.3, 0.4) is 0 Å². The quantitative estimate of drug-likeness (QED) is 0.453. The lowest BCUT2D eigenvalue weighted by molar-refractivity contribution is 0.0960. The number of carbonyl (C=O) groups excluding carboxylic acids is 1. The Labute approximate surface area is 169 Å². The fraction of sp³-hybridized carbons (Fsp3) is 0.217. The van der Waals surface area contributed by atoms with E-state index < -0.39 is 0 Å². The summed E-state index contributed by atoms with van der Waals surface area (Å²) in [6.45, 7) is 4.95. The van der Waals surface area contributed by atoms with E-state index in [1.807, 2.05) is 56.3 Å². The molecule has 2 heterocycles. The Morgan fingerprint density at radius 2 is 1.66 bits per heavy atom. The van der Waals surface area contributed by atoms with Crippen LogP contribution in [-0.2, 0) is 19.5 Å². The molecule has 4 rings (SSSR count). The molecule has 0 aliphatic carbocycles. The van der Waals surface area contributed by atoms with E-state index in [1.165, 1.54) is 10.4 Å². The number of aromatic nitrogens is 5. The van der Waals surface area contributed by atoms with E-state index in [9.17, 15) is 4.79 Å². The lowest BCUT2D eigenvalue weighted by Crippen LogP contribution is -2.14. The van der Waals surface area contributed by atoms with Gasteiger partial charge in [0.25, 0.3) is 0 Å². The van der Waals surface area contributed by atoms with Gasteiger partial charge in [0.15, 0.2) is 5.78 Å². The lowest BCUT2D eigenvalue weighted by Gasteiger charge is -2.10. The Balaban J connectivity index is 1.47. The smallest absolute Gasteiger partial charge is 0.204 e. The first-order valence-electron chi connectivity index (χ1n) is 9.69. The van der Waals surface area contributed by atoms with Gasteiger partial charge < -0.3 is 4.57 Å². The number of carbonyl (C=O) groups is 1. The molecule has 0 radical (unpaired) electrons. The fourth-order valence-corrected chi connectivity index (χ4v) is 3.54. The van der Waals surface area contributed by atoms with E-state index >= 15 is 0 Å². The summed E-state index contributed by atoms with van der Waals surface area (Å²) in [7, 11) is 0. The number of ketones is 1. The molecule has 6 heteroatoms. The van der Waals surface area contributed by atoms with Crippen LogP contribution in [0.15, 0.2) is 66.7 Å². The van der Waals surface area contributed by atoms with Gasteiger partial charge in [0.2, 0.25) is 5.82 Å². The van der Waals surface area contributed by atoms with Crippen molar-refractivity contribution >= 4 is 5.78 Å². The molecule has 0 saturated heterocycles. The molecule has 0 fully saturated rings. The molecule has 4 aromatic rings. The molecule has 2 aromatic carbocycles. The van der Waals surface area contributed by atoms with Gasteiger partial charge in [-0.1, -0.05) is 60.7 Å². The Morgan fingerprint density at radius 3 is 2.38 bits per heavy atom. The lowest BCUT2D eigenvalue weighted by atomic mass is 10.1. The van der Waals surface area contributed by atoms with Gasteiger partial charge in [-0.05, 0) is 37.1 Å². The van der Waals surface area contributed by atoms with Gasteiger partial charge in [-0.2, -0.15) is 4.80 Å². The third kappa shape index (κ3) is 4.16. The molecule has 0 bridgehead atoms. The van der Waals surface area contributed by atoms with E-state index in [-0.39, 0.29) is 12.3 Å². The van der Waals surface area contributed by atoms with Crippen molar-refractivity contribution in [3.05, 3.63) is 89.2 Å². The number of hydrogen-bond acceptors (Lipinski definition) is 4. The number of rotatable bonds is 7. The zero-order valence-electron chi connectivity index (χ0n) is 16.6. The molecule has 0 saturated carbocycles. The van der Waals surface area contributed by atoms with Gasteiger partial charge in [-0.3, -0.25) is 4.79 Å². The summed E-state index contributed by atoms with van der Waals surface area (Å²) in [5, 5.41) is 12.5. The number of hydrogen-bond donors (Lipinski definition) is 0. The number of aryl methyl sites for hydroxylation is 2. The standard InChI is InChI=1S/C23H23N5O/c1-17-15-21(18(2)27(17)14-13-19-9-5-3-6-10-19)22(29)16-28-25-23(24-26-28)20-11-7-4-8-12-20/h3-12,15H,13-14,16H2,1-2H3. The average Bonchev–Trinajstić information content (AvgIpc) is 3.32. The largest absolute Gasteiger partial charge is 0.348 e. The van der Waals surface area contributed by atoms with Crippen LogP contribution in [0.25, 0.3) is 11.4 Å². The summed E-state index contributed by atoms with van der Waals surface area (Å²) in [5.41, 5.74) is 4.94. The van der Waals surface area contributed by atoms with Gasteiger partial charge in [0.05, 0.1) is 0 Å². The molecule has 2 aromatic heterocycles. The minimum absolute atomic E-state index is 0.0129. The molecule has 0 amide bonds. The third-order valence-electron chi connectivity index (χ3n) is 5.11. The SMILES string of the molecule is Cc1cc(C(=O)Cn2nnc(-c3ccccc3)n2)c(C)n1CCc1ccccc1. The monoisotopic (exact) mass is 385 g/mol. The summed E-state index contributed by atoms with van der Waals surface area (Å²) < 4.78 is 2.20. The molecule has 0 unspecified atom stereocenters. The molecule has 0 N–H and O–H groups in total. The Kier molecular flexibility index (Phi) is 5.33. The van der Waals surface area contributed by atoms with Gasteiger partial charge in [-0.25, -0.2) is 0 Å². The molecule has 0 aliphatic heterocycles. The highest BCUT2D eigenvalue weighted by molar-refractivity contribution is 5.97. The number of benzene rings is 2. The van der Waals surface area contributed by atoms with Crippen molar-refractivity contribution < 1.29 is 4.79 Å². The molecule has 0 atom stereocenters. The van der Waals surface area contributed by atoms with Crippen LogP contribution in [0.4, 0.5) is 0 Å². The van der Waals surface area contributed by atoms with Crippen LogP contribution < -0.4 is 0 Å². The van der Waals surface area contributed by atoms with Crippen molar-refractivity contribution in [2.45, 2.75) is 33.4 Å². The molecule has 29 heavy (non-hydrogen) atoms. The van der Waals surface area contributed by atoms with Gasteiger partial charge >= 0.3 is 0 Å². The van der Waals surface area contributed by atoms with Crippen LogP contribution in [0.5, 0.6) is 0 Å². The van der Waals surface area contributed by atoms with Crippen molar-refractivity contribution in [3.8, 4) is 11.4 Å². The van der Waals surface area contributed by atoms with E-state index in [1.54, 1.807) is 0 Å². The van der Waals surface area contributed by atoms with Crippen molar-refractivity contribution in [1.82, 2.24) is 24.8 Å². The van der Waals surface area contributed by atoms with Crippen molar-refractivity contribution in [2.75, 3.05) is 0 Å². The number of Topliss-reactive ketones (excluding diaryl/α,β-unsaturated/α-hetero) is 1.